The SMILES string of the molecule is C=C(N[C@@H](C)c1ccccc1)c1ncc(C2=CCc3ncc(NCCO)cc32)cn1. The molecule has 1 aromatic carbocycles. The van der Waals surface area contributed by atoms with Gasteiger partial charge in [-0.3, -0.25) is 4.98 Å². The summed E-state index contributed by atoms with van der Waals surface area (Å²) in [5.41, 5.74) is 6.89. The highest BCUT2D eigenvalue weighted by molar-refractivity contribution is 5.84. The Kier molecular flexibility index (Phi) is 5.86. The van der Waals surface area contributed by atoms with Gasteiger partial charge in [-0.1, -0.05) is 43.0 Å². The Labute approximate surface area is 176 Å². The van der Waals surface area contributed by atoms with Crippen molar-refractivity contribution < 1.29 is 5.11 Å². The van der Waals surface area contributed by atoms with Crippen molar-refractivity contribution in [1.82, 2.24) is 20.3 Å². The van der Waals surface area contributed by atoms with Gasteiger partial charge in [-0.05, 0) is 24.1 Å². The van der Waals surface area contributed by atoms with Crippen LogP contribution < -0.4 is 10.6 Å². The molecular weight excluding hydrogens is 374 g/mol. The Morgan fingerprint density at radius 2 is 1.90 bits per heavy atom. The van der Waals surface area contributed by atoms with E-state index >= 15 is 0 Å². The molecule has 0 aliphatic heterocycles. The molecule has 3 aromatic rings. The third kappa shape index (κ3) is 4.23. The standard InChI is InChI=1S/C24H25N5O/c1-16(18-6-4-3-5-7-18)29-17(2)24-27-13-19(14-28-24)21-8-9-23-22(21)12-20(15-26-23)25-10-11-30/h3-8,12-16,25,29-30H,2,9-11H2,1H3/t16-/m0/s1. The molecular formula is C24H25N5O. The molecule has 0 fully saturated rings. The van der Waals surface area contributed by atoms with Gasteiger partial charge in [0.1, 0.15) is 0 Å². The van der Waals surface area contributed by atoms with E-state index in [0.29, 0.717) is 18.1 Å². The Hall–Kier alpha value is -3.51. The predicted octanol–water partition coefficient (Wildman–Crippen LogP) is 3.59. The number of fused-ring (bicyclic) bond motifs is 1. The number of pyridine rings is 1. The van der Waals surface area contributed by atoms with Crippen LogP contribution in [0.1, 0.15) is 41.2 Å². The van der Waals surface area contributed by atoms with Gasteiger partial charge in [0.15, 0.2) is 5.82 Å². The summed E-state index contributed by atoms with van der Waals surface area (Å²) in [5.74, 6) is 0.580. The van der Waals surface area contributed by atoms with Gasteiger partial charge in [-0.2, -0.15) is 0 Å². The molecule has 30 heavy (non-hydrogen) atoms. The second kappa shape index (κ2) is 8.88. The molecule has 4 rings (SSSR count). The summed E-state index contributed by atoms with van der Waals surface area (Å²) in [6.07, 6.45) is 8.40. The van der Waals surface area contributed by atoms with Crippen molar-refractivity contribution >= 4 is 17.0 Å². The van der Waals surface area contributed by atoms with Crippen LogP contribution in [0.3, 0.4) is 0 Å². The third-order valence-corrected chi connectivity index (χ3v) is 5.12. The molecule has 0 saturated heterocycles. The molecule has 3 N–H and O–H groups in total. The minimum atomic E-state index is 0.0793. The van der Waals surface area contributed by atoms with E-state index in [1.807, 2.05) is 30.6 Å². The lowest BCUT2D eigenvalue weighted by Crippen LogP contribution is -2.18. The highest BCUT2D eigenvalue weighted by Gasteiger charge is 2.18. The second-order valence-electron chi connectivity index (χ2n) is 7.24. The lowest BCUT2D eigenvalue weighted by Gasteiger charge is -2.17. The van der Waals surface area contributed by atoms with Crippen molar-refractivity contribution in [3.63, 3.8) is 0 Å². The van der Waals surface area contributed by atoms with Crippen LogP contribution >= 0.6 is 0 Å². The van der Waals surface area contributed by atoms with Gasteiger partial charge >= 0.3 is 0 Å². The number of allylic oxidation sites excluding steroid dienone is 1. The number of rotatable bonds is 8. The summed E-state index contributed by atoms with van der Waals surface area (Å²) in [6, 6.07) is 12.4. The molecule has 0 bridgehead atoms. The number of aliphatic hydroxyl groups excluding tert-OH is 1. The van der Waals surface area contributed by atoms with Gasteiger partial charge in [0.25, 0.3) is 0 Å². The maximum atomic E-state index is 9.02. The predicted molar refractivity (Wildman–Crippen MR) is 120 cm³/mol. The van der Waals surface area contributed by atoms with Gasteiger partial charge in [-0.15, -0.1) is 0 Å². The lowest BCUT2D eigenvalue weighted by atomic mass is 10.0. The van der Waals surface area contributed by atoms with E-state index in [2.05, 4.69) is 63.4 Å². The number of nitrogens with one attached hydrogen (secondary N) is 2. The molecule has 0 radical (unpaired) electrons. The number of aliphatic hydroxyl groups is 1. The van der Waals surface area contributed by atoms with Crippen LogP contribution in [0.15, 0.2) is 67.6 Å². The zero-order chi connectivity index (χ0) is 20.9. The van der Waals surface area contributed by atoms with Crippen LogP contribution in [0.4, 0.5) is 5.69 Å². The molecule has 0 amide bonds. The normalized spacial score (nSPS) is 13.3. The quantitative estimate of drug-likeness (QED) is 0.537. The summed E-state index contributed by atoms with van der Waals surface area (Å²) in [5, 5.41) is 15.6. The Bertz CT molecular complexity index is 1060. The number of nitrogens with zero attached hydrogens (tertiary/aromatic N) is 3. The number of hydrogen-bond donors (Lipinski definition) is 3. The Morgan fingerprint density at radius 3 is 2.63 bits per heavy atom. The molecule has 1 aliphatic carbocycles. The molecule has 2 aromatic heterocycles. The van der Waals surface area contributed by atoms with Gasteiger partial charge in [-0.25, -0.2) is 9.97 Å². The van der Waals surface area contributed by atoms with E-state index in [-0.39, 0.29) is 12.6 Å². The summed E-state index contributed by atoms with van der Waals surface area (Å²) >= 11 is 0. The van der Waals surface area contributed by atoms with Crippen molar-refractivity contribution in [1.29, 1.82) is 0 Å². The van der Waals surface area contributed by atoms with E-state index in [1.54, 1.807) is 6.20 Å². The van der Waals surface area contributed by atoms with Crippen LogP contribution in [0.25, 0.3) is 11.3 Å². The Balaban J connectivity index is 1.48. The van der Waals surface area contributed by atoms with Crippen LogP contribution in [0.2, 0.25) is 0 Å². The Morgan fingerprint density at radius 1 is 1.13 bits per heavy atom. The molecule has 1 atom stereocenters. The second-order valence-corrected chi connectivity index (χ2v) is 7.24. The minimum absolute atomic E-state index is 0.0793. The average molecular weight is 399 g/mol. The van der Waals surface area contributed by atoms with E-state index in [0.717, 1.165) is 34.5 Å². The number of hydrogen-bond acceptors (Lipinski definition) is 6. The number of benzene rings is 1. The van der Waals surface area contributed by atoms with Gasteiger partial charge < -0.3 is 15.7 Å². The molecule has 1 aliphatic rings. The van der Waals surface area contributed by atoms with E-state index in [1.165, 1.54) is 5.56 Å². The first-order valence-corrected chi connectivity index (χ1v) is 10.0. The highest BCUT2D eigenvalue weighted by atomic mass is 16.3. The van der Waals surface area contributed by atoms with Crippen LogP contribution in [0.5, 0.6) is 0 Å². The topological polar surface area (TPSA) is 83.0 Å². The summed E-state index contributed by atoms with van der Waals surface area (Å²) in [6.45, 7) is 6.77. The van der Waals surface area contributed by atoms with E-state index in [9.17, 15) is 0 Å². The van der Waals surface area contributed by atoms with Crippen LogP contribution in [-0.2, 0) is 6.42 Å². The average Bonchev–Trinajstić information content (AvgIpc) is 3.21. The molecule has 0 saturated carbocycles. The number of anilines is 1. The monoisotopic (exact) mass is 399 g/mol. The van der Waals surface area contributed by atoms with E-state index < -0.39 is 0 Å². The maximum Gasteiger partial charge on any atom is 0.174 e. The summed E-state index contributed by atoms with van der Waals surface area (Å²) < 4.78 is 0. The fraction of sp³-hybridized carbons (Fsp3) is 0.208. The largest absolute Gasteiger partial charge is 0.395 e. The highest BCUT2D eigenvalue weighted by Crippen LogP contribution is 2.32. The summed E-state index contributed by atoms with van der Waals surface area (Å²) in [7, 11) is 0. The van der Waals surface area contributed by atoms with Crippen molar-refractivity contribution in [2.75, 3.05) is 18.5 Å². The molecule has 6 heteroatoms. The smallest absolute Gasteiger partial charge is 0.174 e. The van der Waals surface area contributed by atoms with Crippen LogP contribution in [-0.4, -0.2) is 33.2 Å². The molecule has 152 valence electrons. The van der Waals surface area contributed by atoms with Crippen molar-refractivity contribution in [2.24, 2.45) is 0 Å². The zero-order valence-electron chi connectivity index (χ0n) is 17.0. The molecule has 0 unspecified atom stereocenters. The lowest BCUT2D eigenvalue weighted by molar-refractivity contribution is 0.311. The molecule has 0 spiro atoms. The molecule has 6 nitrogen and oxygen atoms in total. The fourth-order valence-corrected chi connectivity index (χ4v) is 3.54. The first-order chi connectivity index (χ1) is 14.7. The number of aromatic nitrogens is 3. The summed E-state index contributed by atoms with van der Waals surface area (Å²) in [4.78, 5) is 13.6. The first kappa shape index (κ1) is 19.8. The van der Waals surface area contributed by atoms with Crippen molar-refractivity contribution in [2.45, 2.75) is 19.4 Å². The fourth-order valence-electron chi connectivity index (χ4n) is 3.54. The first-order valence-electron chi connectivity index (χ1n) is 10.0. The van der Waals surface area contributed by atoms with Gasteiger partial charge in [0.05, 0.1) is 29.9 Å². The van der Waals surface area contributed by atoms with E-state index in [4.69, 9.17) is 5.11 Å². The van der Waals surface area contributed by atoms with Gasteiger partial charge in [0, 0.05) is 42.5 Å². The minimum Gasteiger partial charge on any atom is -0.395 e. The van der Waals surface area contributed by atoms with Crippen LogP contribution in [0, 0.1) is 0 Å². The zero-order valence-corrected chi connectivity index (χ0v) is 17.0. The third-order valence-electron chi connectivity index (χ3n) is 5.12. The van der Waals surface area contributed by atoms with Gasteiger partial charge in [0.2, 0.25) is 0 Å². The maximum absolute atomic E-state index is 9.02. The van der Waals surface area contributed by atoms with Crippen molar-refractivity contribution in [3.05, 3.63) is 95.9 Å². The van der Waals surface area contributed by atoms with Crippen molar-refractivity contribution in [3.8, 4) is 0 Å². The molecule has 2 heterocycles.